The van der Waals surface area contributed by atoms with E-state index in [0.717, 1.165) is 32.1 Å². The van der Waals surface area contributed by atoms with Crippen molar-refractivity contribution in [3.8, 4) is 0 Å². The minimum atomic E-state index is 0. The zero-order valence-electron chi connectivity index (χ0n) is 8.22. The Morgan fingerprint density at radius 1 is 1.47 bits per heavy atom. The van der Waals surface area contributed by atoms with Crippen LogP contribution in [0.1, 0.15) is 16.2 Å². The Balaban J connectivity index is 0.00000112. The van der Waals surface area contributed by atoms with Crippen molar-refractivity contribution in [1.29, 1.82) is 0 Å². The number of rotatable bonds is 3. The number of carbonyl (C=O) groups excluding carboxylic acids is 1. The molecule has 2 heterocycles. The van der Waals surface area contributed by atoms with Crippen molar-refractivity contribution in [2.75, 3.05) is 26.3 Å². The second-order valence-corrected chi connectivity index (χ2v) is 3.22. The van der Waals surface area contributed by atoms with Gasteiger partial charge in [-0.15, -0.1) is 12.4 Å². The molecule has 6 heteroatoms. The predicted molar refractivity (Wildman–Crippen MR) is 55.2 cm³/mol. The van der Waals surface area contributed by atoms with E-state index in [1.54, 1.807) is 6.07 Å². The second kappa shape index (κ2) is 5.85. The van der Waals surface area contributed by atoms with Crippen molar-refractivity contribution in [1.82, 2.24) is 10.1 Å². The number of nitrogens with zero attached hydrogens (tertiary/aromatic N) is 2. The van der Waals surface area contributed by atoms with Gasteiger partial charge in [0.15, 0.2) is 12.0 Å². The molecule has 1 aromatic heterocycles. The van der Waals surface area contributed by atoms with Gasteiger partial charge in [-0.2, -0.15) is 0 Å². The molecule has 1 fully saturated rings. The molecule has 0 saturated carbocycles. The standard InChI is InChI=1S/C9H12N2O3.ClH/c12-7-8-5-9(14-10-8)6-11-1-3-13-4-2-11;/h5,7H,1-4,6H2;1H. The quantitative estimate of drug-likeness (QED) is 0.720. The van der Waals surface area contributed by atoms with Crippen molar-refractivity contribution in [3.63, 3.8) is 0 Å². The predicted octanol–water partition coefficient (Wildman–Crippen LogP) is 0.741. The maximum Gasteiger partial charge on any atom is 0.171 e. The molecule has 0 spiro atoms. The first-order valence-corrected chi connectivity index (χ1v) is 4.59. The molecular formula is C9H13ClN2O3. The summed E-state index contributed by atoms with van der Waals surface area (Å²) in [6.07, 6.45) is 0.687. The molecule has 5 nitrogen and oxygen atoms in total. The molecule has 1 aliphatic rings. The van der Waals surface area contributed by atoms with E-state index < -0.39 is 0 Å². The van der Waals surface area contributed by atoms with Crippen LogP contribution in [0.5, 0.6) is 0 Å². The normalized spacial score (nSPS) is 17.1. The second-order valence-electron chi connectivity index (χ2n) is 3.22. The van der Waals surface area contributed by atoms with Gasteiger partial charge < -0.3 is 9.26 Å². The molecule has 2 rings (SSSR count). The van der Waals surface area contributed by atoms with E-state index in [0.29, 0.717) is 18.5 Å². The average Bonchev–Trinajstić information content (AvgIpc) is 2.67. The van der Waals surface area contributed by atoms with Crippen LogP contribution in [0.2, 0.25) is 0 Å². The van der Waals surface area contributed by atoms with Crippen LogP contribution in [-0.2, 0) is 11.3 Å². The number of morpholine rings is 1. The topological polar surface area (TPSA) is 55.6 Å². The minimum Gasteiger partial charge on any atom is -0.379 e. The average molecular weight is 233 g/mol. The molecule has 1 aromatic rings. The van der Waals surface area contributed by atoms with Gasteiger partial charge in [0.1, 0.15) is 5.69 Å². The third-order valence-corrected chi connectivity index (χ3v) is 2.18. The third-order valence-electron chi connectivity index (χ3n) is 2.18. The molecule has 0 aliphatic carbocycles. The summed E-state index contributed by atoms with van der Waals surface area (Å²) in [5.74, 6) is 0.731. The molecule has 1 aliphatic heterocycles. The van der Waals surface area contributed by atoms with Crippen LogP contribution in [0.15, 0.2) is 10.6 Å². The van der Waals surface area contributed by atoms with E-state index in [1.165, 1.54) is 0 Å². The van der Waals surface area contributed by atoms with Gasteiger partial charge in [0.25, 0.3) is 0 Å². The maximum atomic E-state index is 10.4. The first kappa shape index (κ1) is 12.2. The number of carbonyl (C=O) groups is 1. The summed E-state index contributed by atoms with van der Waals surface area (Å²) in [6.45, 7) is 4.02. The highest BCUT2D eigenvalue weighted by atomic mass is 35.5. The van der Waals surface area contributed by atoms with E-state index in [-0.39, 0.29) is 12.4 Å². The van der Waals surface area contributed by atoms with E-state index in [2.05, 4.69) is 10.1 Å². The van der Waals surface area contributed by atoms with Crippen LogP contribution in [0.3, 0.4) is 0 Å². The smallest absolute Gasteiger partial charge is 0.171 e. The zero-order valence-corrected chi connectivity index (χ0v) is 9.03. The summed E-state index contributed by atoms with van der Waals surface area (Å²) < 4.78 is 10.2. The molecule has 84 valence electrons. The molecule has 0 unspecified atom stereocenters. The number of halogens is 1. The van der Waals surface area contributed by atoms with Gasteiger partial charge in [-0.05, 0) is 0 Å². The van der Waals surface area contributed by atoms with Crippen LogP contribution < -0.4 is 0 Å². The first-order valence-electron chi connectivity index (χ1n) is 4.59. The number of hydrogen-bond donors (Lipinski definition) is 0. The van der Waals surface area contributed by atoms with E-state index in [1.807, 2.05) is 0 Å². The van der Waals surface area contributed by atoms with Crippen LogP contribution >= 0.6 is 12.4 Å². The van der Waals surface area contributed by atoms with Gasteiger partial charge in [-0.3, -0.25) is 9.69 Å². The lowest BCUT2D eigenvalue weighted by molar-refractivity contribution is 0.0305. The highest BCUT2D eigenvalue weighted by Gasteiger charge is 2.13. The Hall–Kier alpha value is -0.910. The number of ether oxygens (including phenoxy) is 1. The van der Waals surface area contributed by atoms with Crippen LogP contribution in [-0.4, -0.2) is 42.6 Å². The Labute approximate surface area is 93.8 Å². The van der Waals surface area contributed by atoms with Gasteiger partial charge >= 0.3 is 0 Å². The Bertz CT molecular complexity index is 310. The fourth-order valence-corrected chi connectivity index (χ4v) is 1.44. The highest BCUT2D eigenvalue weighted by molar-refractivity contribution is 5.85. The highest BCUT2D eigenvalue weighted by Crippen LogP contribution is 2.07. The van der Waals surface area contributed by atoms with Crippen molar-refractivity contribution in [2.45, 2.75) is 6.54 Å². The van der Waals surface area contributed by atoms with Crippen LogP contribution in [0.4, 0.5) is 0 Å². The van der Waals surface area contributed by atoms with Gasteiger partial charge in [-0.25, -0.2) is 0 Å². The minimum absolute atomic E-state index is 0. The van der Waals surface area contributed by atoms with Gasteiger partial charge in [-0.1, -0.05) is 5.16 Å². The van der Waals surface area contributed by atoms with E-state index >= 15 is 0 Å². The molecule has 0 amide bonds. The van der Waals surface area contributed by atoms with Gasteiger partial charge in [0.2, 0.25) is 0 Å². The third kappa shape index (κ3) is 3.30. The van der Waals surface area contributed by atoms with Crippen molar-refractivity contribution in [3.05, 3.63) is 17.5 Å². The van der Waals surface area contributed by atoms with Crippen molar-refractivity contribution >= 4 is 18.7 Å². The maximum absolute atomic E-state index is 10.4. The molecule has 0 aromatic carbocycles. The summed E-state index contributed by atoms with van der Waals surface area (Å²) in [6, 6.07) is 1.67. The Morgan fingerprint density at radius 2 is 2.20 bits per heavy atom. The molecule has 0 radical (unpaired) electrons. The summed E-state index contributed by atoms with van der Waals surface area (Å²) in [5, 5.41) is 3.60. The molecule has 0 bridgehead atoms. The first-order chi connectivity index (χ1) is 6.88. The van der Waals surface area contributed by atoms with Crippen LogP contribution in [0, 0.1) is 0 Å². The summed E-state index contributed by atoms with van der Waals surface area (Å²) in [7, 11) is 0. The molecular weight excluding hydrogens is 220 g/mol. The van der Waals surface area contributed by atoms with E-state index in [4.69, 9.17) is 9.26 Å². The lowest BCUT2D eigenvalue weighted by atomic mass is 10.3. The van der Waals surface area contributed by atoms with Gasteiger partial charge in [0, 0.05) is 19.2 Å². The summed E-state index contributed by atoms with van der Waals surface area (Å²) in [5.41, 5.74) is 0.355. The monoisotopic (exact) mass is 232 g/mol. The molecule has 0 N–H and O–H groups in total. The molecule has 1 saturated heterocycles. The fraction of sp³-hybridized carbons (Fsp3) is 0.556. The SMILES string of the molecule is Cl.O=Cc1cc(CN2CCOCC2)on1. The Kier molecular flexibility index (Phi) is 4.74. The summed E-state index contributed by atoms with van der Waals surface area (Å²) >= 11 is 0. The number of hydrogen-bond acceptors (Lipinski definition) is 5. The summed E-state index contributed by atoms with van der Waals surface area (Å²) in [4.78, 5) is 12.6. The number of aldehydes is 1. The molecule has 0 atom stereocenters. The fourth-order valence-electron chi connectivity index (χ4n) is 1.44. The van der Waals surface area contributed by atoms with Crippen molar-refractivity contribution < 1.29 is 14.1 Å². The van der Waals surface area contributed by atoms with Gasteiger partial charge in [0.05, 0.1) is 19.8 Å². The van der Waals surface area contributed by atoms with E-state index in [9.17, 15) is 4.79 Å². The Morgan fingerprint density at radius 3 is 2.80 bits per heavy atom. The van der Waals surface area contributed by atoms with Crippen molar-refractivity contribution in [2.24, 2.45) is 0 Å². The number of aromatic nitrogens is 1. The lowest BCUT2D eigenvalue weighted by Crippen LogP contribution is -2.35. The zero-order chi connectivity index (χ0) is 9.80. The molecule has 15 heavy (non-hydrogen) atoms. The lowest BCUT2D eigenvalue weighted by Gasteiger charge is -2.25. The largest absolute Gasteiger partial charge is 0.379 e. The van der Waals surface area contributed by atoms with Crippen LogP contribution in [0.25, 0.3) is 0 Å².